The summed E-state index contributed by atoms with van der Waals surface area (Å²) in [5.41, 5.74) is 3.57. The van der Waals surface area contributed by atoms with E-state index in [0.717, 1.165) is 17.1 Å². The fraction of sp³-hybridized carbons (Fsp3) is 0.158. The second-order valence-corrected chi connectivity index (χ2v) is 6.35. The second kappa shape index (κ2) is 6.38. The van der Waals surface area contributed by atoms with Crippen LogP contribution in [-0.4, -0.2) is 22.5 Å². The third-order valence-electron chi connectivity index (χ3n) is 4.22. The highest BCUT2D eigenvalue weighted by atomic mass is 35.5. The molecule has 1 aliphatic rings. The van der Waals surface area contributed by atoms with Crippen LogP contribution in [0.4, 0.5) is 5.69 Å². The molecule has 0 atom stereocenters. The van der Waals surface area contributed by atoms with E-state index in [-0.39, 0.29) is 12.7 Å². The number of ether oxygens (including phenoxy) is 2. The number of para-hydroxylation sites is 1. The Hall–Kier alpha value is -2.99. The van der Waals surface area contributed by atoms with Crippen LogP contribution in [0.25, 0.3) is 5.69 Å². The summed E-state index contributed by atoms with van der Waals surface area (Å²) in [5.74, 6) is 0.646. The Morgan fingerprint density at radius 3 is 2.73 bits per heavy atom. The lowest BCUT2D eigenvalue weighted by atomic mass is 10.1. The zero-order valence-electron chi connectivity index (χ0n) is 14.2. The van der Waals surface area contributed by atoms with E-state index >= 15 is 0 Å². The number of carbonyl (C=O) groups is 1. The summed E-state index contributed by atoms with van der Waals surface area (Å²) in [6.07, 6.45) is 0. The van der Waals surface area contributed by atoms with Gasteiger partial charge in [-0.1, -0.05) is 29.8 Å². The Balaban J connectivity index is 1.65. The summed E-state index contributed by atoms with van der Waals surface area (Å²) in [5, 5.41) is 7.81. The number of fused-ring (bicyclic) bond motifs is 1. The molecular formula is C19H16ClN3O3. The minimum Gasteiger partial charge on any atom is -0.454 e. The maximum atomic E-state index is 12.7. The van der Waals surface area contributed by atoms with Crippen LogP contribution in [0.5, 0.6) is 11.5 Å². The van der Waals surface area contributed by atoms with Gasteiger partial charge in [-0.3, -0.25) is 4.79 Å². The molecule has 0 spiro atoms. The number of nitrogens with one attached hydrogen (secondary N) is 1. The average Bonchev–Trinajstić information content (AvgIpc) is 3.22. The van der Waals surface area contributed by atoms with Crippen molar-refractivity contribution in [2.75, 3.05) is 12.1 Å². The van der Waals surface area contributed by atoms with Crippen molar-refractivity contribution in [2.45, 2.75) is 13.8 Å². The number of nitrogens with zero attached hydrogens (tertiary/aromatic N) is 2. The van der Waals surface area contributed by atoms with Crippen molar-refractivity contribution >= 4 is 23.2 Å². The fourth-order valence-corrected chi connectivity index (χ4v) is 3.19. The topological polar surface area (TPSA) is 65.4 Å². The monoisotopic (exact) mass is 369 g/mol. The minimum atomic E-state index is -0.288. The van der Waals surface area contributed by atoms with Gasteiger partial charge in [0.1, 0.15) is 0 Å². The lowest BCUT2D eigenvalue weighted by Gasteiger charge is -2.08. The number of aromatic nitrogens is 2. The molecule has 26 heavy (non-hydrogen) atoms. The third-order valence-corrected chi connectivity index (χ3v) is 4.50. The summed E-state index contributed by atoms with van der Waals surface area (Å²) >= 11 is 6.17. The molecule has 2 heterocycles. The summed E-state index contributed by atoms with van der Waals surface area (Å²) in [6, 6.07) is 12.9. The Bertz CT molecular complexity index is 999. The van der Waals surface area contributed by atoms with Gasteiger partial charge in [-0.15, -0.1) is 0 Å². The van der Waals surface area contributed by atoms with E-state index < -0.39 is 0 Å². The lowest BCUT2D eigenvalue weighted by Crippen LogP contribution is -2.13. The Labute approximate surface area is 155 Å². The highest BCUT2D eigenvalue weighted by molar-refractivity contribution is 6.32. The maximum absolute atomic E-state index is 12.7. The first-order chi connectivity index (χ1) is 12.5. The molecule has 0 aliphatic carbocycles. The first kappa shape index (κ1) is 16.5. The van der Waals surface area contributed by atoms with Crippen LogP contribution in [0.1, 0.15) is 21.7 Å². The standard InChI is InChI=1S/C19H16ClN3O3/c1-11-17(12(2)23(22-11)14-6-4-3-5-7-14)21-19(24)13-8-15(20)18-16(9-13)25-10-26-18/h3-9H,10H2,1-2H3,(H,21,24). The number of amides is 1. The van der Waals surface area contributed by atoms with Gasteiger partial charge in [-0.05, 0) is 38.1 Å². The number of halogens is 1. The van der Waals surface area contributed by atoms with Crippen LogP contribution in [0.3, 0.4) is 0 Å². The van der Waals surface area contributed by atoms with Crippen molar-refractivity contribution in [3.8, 4) is 17.2 Å². The second-order valence-electron chi connectivity index (χ2n) is 5.94. The molecule has 0 radical (unpaired) electrons. The van der Waals surface area contributed by atoms with E-state index in [1.165, 1.54) is 0 Å². The van der Waals surface area contributed by atoms with Gasteiger partial charge in [0.05, 0.1) is 27.8 Å². The Morgan fingerprint density at radius 2 is 1.96 bits per heavy atom. The van der Waals surface area contributed by atoms with E-state index in [9.17, 15) is 4.79 Å². The van der Waals surface area contributed by atoms with E-state index in [1.807, 2.05) is 44.2 Å². The van der Waals surface area contributed by atoms with Gasteiger partial charge in [0.2, 0.25) is 6.79 Å². The molecular weight excluding hydrogens is 354 g/mol. The zero-order valence-corrected chi connectivity index (χ0v) is 15.0. The van der Waals surface area contributed by atoms with Crippen molar-refractivity contribution in [3.05, 3.63) is 64.4 Å². The molecule has 1 aromatic heterocycles. The van der Waals surface area contributed by atoms with Crippen LogP contribution < -0.4 is 14.8 Å². The highest BCUT2D eigenvalue weighted by Gasteiger charge is 2.22. The number of carbonyl (C=O) groups excluding carboxylic acids is 1. The SMILES string of the molecule is Cc1nn(-c2ccccc2)c(C)c1NC(=O)c1cc(Cl)c2c(c1)OCO2. The number of aryl methyl sites for hydroxylation is 1. The number of anilines is 1. The average molecular weight is 370 g/mol. The predicted molar refractivity (Wildman–Crippen MR) is 98.6 cm³/mol. The van der Waals surface area contributed by atoms with Crippen LogP contribution in [-0.2, 0) is 0 Å². The molecule has 6 nitrogen and oxygen atoms in total. The molecule has 0 bridgehead atoms. The van der Waals surface area contributed by atoms with Gasteiger partial charge < -0.3 is 14.8 Å². The molecule has 1 amide bonds. The van der Waals surface area contributed by atoms with E-state index in [0.29, 0.717) is 27.8 Å². The molecule has 1 aliphatic heterocycles. The molecule has 4 rings (SSSR count). The normalized spacial score (nSPS) is 12.3. The van der Waals surface area contributed by atoms with Gasteiger partial charge in [-0.25, -0.2) is 4.68 Å². The minimum absolute atomic E-state index is 0.0994. The van der Waals surface area contributed by atoms with Crippen LogP contribution >= 0.6 is 11.6 Å². The van der Waals surface area contributed by atoms with Gasteiger partial charge in [0.25, 0.3) is 5.91 Å². The zero-order chi connectivity index (χ0) is 18.3. The summed E-state index contributed by atoms with van der Waals surface area (Å²) < 4.78 is 12.4. The van der Waals surface area contributed by atoms with Crippen molar-refractivity contribution in [1.82, 2.24) is 9.78 Å². The smallest absolute Gasteiger partial charge is 0.255 e. The molecule has 0 saturated carbocycles. The largest absolute Gasteiger partial charge is 0.454 e. The van der Waals surface area contributed by atoms with Crippen molar-refractivity contribution in [1.29, 1.82) is 0 Å². The molecule has 1 N–H and O–H groups in total. The van der Waals surface area contributed by atoms with Crippen LogP contribution in [0, 0.1) is 13.8 Å². The first-order valence-corrected chi connectivity index (χ1v) is 8.44. The Morgan fingerprint density at radius 1 is 1.19 bits per heavy atom. The lowest BCUT2D eigenvalue weighted by molar-refractivity contribution is 0.102. The molecule has 132 valence electrons. The molecule has 2 aromatic carbocycles. The van der Waals surface area contributed by atoms with Gasteiger partial charge in [0, 0.05) is 5.56 Å². The number of benzene rings is 2. The van der Waals surface area contributed by atoms with Gasteiger partial charge in [0.15, 0.2) is 11.5 Å². The van der Waals surface area contributed by atoms with Crippen molar-refractivity contribution in [3.63, 3.8) is 0 Å². The van der Waals surface area contributed by atoms with Crippen molar-refractivity contribution in [2.24, 2.45) is 0 Å². The van der Waals surface area contributed by atoms with Gasteiger partial charge >= 0.3 is 0 Å². The quantitative estimate of drug-likeness (QED) is 0.754. The van der Waals surface area contributed by atoms with Crippen LogP contribution in [0.15, 0.2) is 42.5 Å². The predicted octanol–water partition coefficient (Wildman–Crippen LogP) is 4.12. The Kier molecular flexibility index (Phi) is 4.05. The summed E-state index contributed by atoms with van der Waals surface area (Å²) in [4.78, 5) is 12.7. The summed E-state index contributed by atoms with van der Waals surface area (Å²) in [6.45, 7) is 3.87. The molecule has 3 aromatic rings. The third kappa shape index (κ3) is 2.78. The van der Waals surface area contributed by atoms with Gasteiger partial charge in [-0.2, -0.15) is 5.10 Å². The molecule has 7 heteroatoms. The van der Waals surface area contributed by atoms with Crippen LogP contribution in [0.2, 0.25) is 5.02 Å². The number of hydrogen-bond acceptors (Lipinski definition) is 4. The maximum Gasteiger partial charge on any atom is 0.255 e. The molecule has 0 fully saturated rings. The fourth-order valence-electron chi connectivity index (χ4n) is 2.93. The summed E-state index contributed by atoms with van der Waals surface area (Å²) in [7, 11) is 0. The highest BCUT2D eigenvalue weighted by Crippen LogP contribution is 2.40. The van der Waals surface area contributed by atoms with Crippen molar-refractivity contribution < 1.29 is 14.3 Å². The van der Waals surface area contributed by atoms with E-state index in [1.54, 1.807) is 16.8 Å². The molecule has 0 saturated heterocycles. The van der Waals surface area contributed by atoms with E-state index in [2.05, 4.69) is 10.4 Å². The van der Waals surface area contributed by atoms with E-state index in [4.69, 9.17) is 21.1 Å². The number of rotatable bonds is 3. The molecule has 0 unspecified atom stereocenters. The number of hydrogen-bond donors (Lipinski definition) is 1. The first-order valence-electron chi connectivity index (χ1n) is 8.06.